The zero-order valence-electron chi connectivity index (χ0n) is 15.4. The third-order valence-corrected chi connectivity index (χ3v) is 8.04. The number of aryl methyl sites for hydroxylation is 1. The number of ether oxygens (including phenoxy) is 1. The predicted molar refractivity (Wildman–Crippen MR) is 106 cm³/mol. The molecule has 10 heteroatoms. The Labute approximate surface area is 163 Å². The van der Waals surface area contributed by atoms with Crippen LogP contribution in [0.5, 0.6) is 0 Å². The zero-order valence-corrected chi connectivity index (χ0v) is 17.1. The van der Waals surface area contributed by atoms with Gasteiger partial charge in [0.2, 0.25) is 0 Å². The van der Waals surface area contributed by atoms with Crippen molar-refractivity contribution >= 4 is 26.3 Å². The molecule has 2 aliphatic rings. The summed E-state index contributed by atoms with van der Waals surface area (Å²) >= 11 is 1.70. The van der Waals surface area contributed by atoms with E-state index in [-0.39, 0.29) is 11.8 Å². The summed E-state index contributed by atoms with van der Waals surface area (Å²) in [6, 6.07) is 0.0695. The minimum Gasteiger partial charge on any atom is -0.378 e. The maximum Gasteiger partial charge on any atom is 0.186 e. The van der Waals surface area contributed by atoms with Crippen LogP contribution in [0.25, 0.3) is 10.6 Å². The summed E-state index contributed by atoms with van der Waals surface area (Å²) < 4.78 is 30.7. The highest BCUT2D eigenvalue weighted by atomic mass is 32.2. The molecule has 27 heavy (non-hydrogen) atoms. The van der Waals surface area contributed by atoms with Gasteiger partial charge in [0.1, 0.15) is 0 Å². The minimum atomic E-state index is -2.85. The smallest absolute Gasteiger partial charge is 0.186 e. The Morgan fingerprint density at radius 2 is 2.19 bits per heavy atom. The van der Waals surface area contributed by atoms with Gasteiger partial charge in [0.25, 0.3) is 0 Å². The molecule has 0 radical (unpaired) electrons. The summed E-state index contributed by atoms with van der Waals surface area (Å²) in [6.07, 6.45) is 4.41. The van der Waals surface area contributed by atoms with E-state index in [1.807, 2.05) is 19.4 Å². The van der Waals surface area contributed by atoms with Crippen LogP contribution in [0.4, 0.5) is 5.13 Å². The number of thiazole rings is 1. The first-order chi connectivity index (χ1) is 13.0. The second-order valence-corrected chi connectivity index (χ2v) is 10.2. The van der Waals surface area contributed by atoms with E-state index >= 15 is 0 Å². The Balaban J connectivity index is 1.42. The van der Waals surface area contributed by atoms with E-state index < -0.39 is 9.84 Å². The van der Waals surface area contributed by atoms with Crippen LogP contribution >= 0.6 is 11.3 Å². The molecular formula is C17H25N5O3S2. The number of rotatable bonds is 6. The molecule has 0 spiro atoms. The molecular weight excluding hydrogens is 386 g/mol. The van der Waals surface area contributed by atoms with Crippen LogP contribution in [0.2, 0.25) is 0 Å². The Morgan fingerprint density at radius 1 is 1.37 bits per heavy atom. The number of sulfone groups is 1. The van der Waals surface area contributed by atoms with Crippen LogP contribution in [0.15, 0.2) is 12.5 Å². The van der Waals surface area contributed by atoms with Crippen LogP contribution in [0.1, 0.15) is 12.1 Å². The first kappa shape index (κ1) is 18.9. The van der Waals surface area contributed by atoms with E-state index in [0.29, 0.717) is 12.2 Å². The molecule has 4 rings (SSSR count). The van der Waals surface area contributed by atoms with Gasteiger partial charge in [-0.25, -0.2) is 18.4 Å². The summed E-state index contributed by atoms with van der Waals surface area (Å²) in [6.45, 7) is 6.74. The lowest BCUT2D eigenvalue weighted by atomic mass is 10.2. The summed E-state index contributed by atoms with van der Waals surface area (Å²) in [5.74, 6) is 0.548. The van der Waals surface area contributed by atoms with Gasteiger partial charge in [-0.15, -0.1) is 0 Å². The van der Waals surface area contributed by atoms with Crippen molar-refractivity contribution in [3.63, 3.8) is 0 Å². The number of nitrogens with zero attached hydrogens (tertiary/aromatic N) is 4. The number of imidazole rings is 1. The van der Waals surface area contributed by atoms with E-state index in [9.17, 15) is 8.42 Å². The van der Waals surface area contributed by atoms with Crippen molar-refractivity contribution in [1.29, 1.82) is 0 Å². The monoisotopic (exact) mass is 411 g/mol. The molecule has 2 aromatic heterocycles. The van der Waals surface area contributed by atoms with Gasteiger partial charge in [0, 0.05) is 32.2 Å². The van der Waals surface area contributed by atoms with Crippen molar-refractivity contribution in [1.82, 2.24) is 19.9 Å². The molecule has 0 aliphatic carbocycles. The fourth-order valence-corrected chi connectivity index (χ4v) is 6.40. The van der Waals surface area contributed by atoms with Crippen molar-refractivity contribution in [3.05, 3.63) is 18.2 Å². The molecule has 0 bridgehead atoms. The van der Waals surface area contributed by atoms with Crippen LogP contribution in [-0.4, -0.2) is 73.3 Å². The Morgan fingerprint density at radius 3 is 2.93 bits per heavy atom. The van der Waals surface area contributed by atoms with Gasteiger partial charge in [0.15, 0.2) is 15.0 Å². The largest absolute Gasteiger partial charge is 0.378 e. The number of hydrogen-bond donors (Lipinski definition) is 1. The molecule has 4 heterocycles. The SMILES string of the molecule is Cc1nc(N2CCOCC2)sc1-c1cncn1CCNC1CCS(=O)(=O)C1. The maximum absolute atomic E-state index is 11.6. The lowest BCUT2D eigenvalue weighted by Crippen LogP contribution is -2.36. The fraction of sp³-hybridized carbons (Fsp3) is 0.647. The number of anilines is 1. The van der Waals surface area contributed by atoms with Gasteiger partial charge in [-0.3, -0.25) is 0 Å². The molecule has 8 nitrogen and oxygen atoms in total. The van der Waals surface area contributed by atoms with Crippen LogP contribution in [0, 0.1) is 6.92 Å². The van der Waals surface area contributed by atoms with E-state index in [0.717, 1.165) is 60.8 Å². The van der Waals surface area contributed by atoms with Crippen LogP contribution < -0.4 is 10.2 Å². The lowest BCUT2D eigenvalue weighted by molar-refractivity contribution is 0.122. The third-order valence-electron chi connectivity index (χ3n) is 5.03. The highest BCUT2D eigenvalue weighted by Gasteiger charge is 2.27. The summed E-state index contributed by atoms with van der Waals surface area (Å²) in [5.41, 5.74) is 2.07. The normalized spacial score (nSPS) is 22.4. The van der Waals surface area contributed by atoms with Crippen molar-refractivity contribution in [2.45, 2.75) is 25.9 Å². The molecule has 1 atom stereocenters. The first-order valence-corrected chi connectivity index (χ1v) is 11.9. The maximum atomic E-state index is 11.6. The predicted octanol–water partition coefficient (Wildman–Crippen LogP) is 0.928. The van der Waals surface area contributed by atoms with Crippen molar-refractivity contribution < 1.29 is 13.2 Å². The quantitative estimate of drug-likeness (QED) is 0.756. The average Bonchev–Trinajstić information content (AvgIpc) is 3.34. The first-order valence-electron chi connectivity index (χ1n) is 9.26. The van der Waals surface area contributed by atoms with Crippen LogP contribution in [0.3, 0.4) is 0 Å². The third kappa shape index (κ3) is 4.34. The van der Waals surface area contributed by atoms with Gasteiger partial charge in [0.05, 0.1) is 53.5 Å². The molecule has 1 N–H and O–H groups in total. The Kier molecular flexibility index (Phi) is 5.49. The van der Waals surface area contributed by atoms with Crippen molar-refractivity contribution in [3.8, 4) is 10.6 Å². The second kappa shape index (κ2) is 7.86. The van der Waals surface area contributed by atoms with Crippen LogP contribution in [-0.2, 0) is 21.1 Å². The molecule has 0 aromatic carbocycles. The van der Waals surface area contributed by atoms with E-state index in [2.05, 4.69) is 19.8 Å². The average molecular weight is 412 g/mol. The van der Waals surface area contributed by atoms with Gasteiger partial charge in [-0.2, -0.15) is 0 Å². The van der Waals surface area contributed by atoms with Gasteiger partial charge in [-0.05, 0) is 13.3 Å². The molecule has 0 amide bonds. The Hall–Kier alpha value is -1.49. The van der Waals surface area contributed by atoms with Gasteiger partial charge >= 0.3 is 0 Å². The number of hydrogen-bond acceptors (Lipinski definition) is 8. The standard InChI is InChI=1S/C17H25N5O3S2/c1-13-16(26-17(20-13)21-5-7-25-8-6-21)15-10-18-12-22(15)4-3-19-14-2-9-27(23,24)11-14/h10,12,14,19H,2-9,11H2,1H3. The van der Waals surface area contributed by atoms with Gasteiger partial charge < -0.3 is 19.5 Å². The summed E-state index contributed by atoms with van der Waals surface area (Å²) in [5, 5.41) is 4.40. The van der Waals surface area contributed by atoms with E-state index in [4.69, 9.17) is 9.72 Å². The van der Waals surface area contributed by atoms with Crippen molar-refractivity contribution in [2.24, 2.45) is 0 Å². The second-order valence-electron chi connectivity index (χ2n) is 7.04. The molecule has 2 fully saturated rings. The Bertz CT molecular complexity index is 886. The number of nitrogens with one attached hydrogen (secondary N) is 1. The molecule has 2 saturated heterocycles. The highest BCUT2D eigenvalue weighted by molar-refractivity contribution is 7.91. The summed E-state index contributed by atoms with van der Waals surface area (Å²) in [4.78, 5) is 12.5. The van der Waals surface area contributed by atoms with E-state index in [1.54, 1.807) is 11.3 Å². The fourth-order valence-electron chi connectivity index (χ4n) is 3.54. The van der Waals surface area contributed by atoms with Crippen molar-refractivity contribution in [2.75, 3.05) is 49.3 Å². The molecule has 1 unspecified atom stereocenters. The topological polar surface area (TPSA) is 89.3 Å². The summed E-state index contributed by atoms with van der Waals surface area (Å²) in [7, 11) is -2.85. The molecule has 2 aliphatic heterocycles. The highest BCUT2D eigenvalue weighted by Crippen LogP contribution is 2.34. The molecule has 148 valence electrons. The minimum absolute atomic E-state index is 0.0695. The molecule has 0 saturated carbocycles. The molecule has 2 aromatic rings. The van der Waals surface area contributed by atoms with Gasteiger partial charge in [-0.1, -0.05) is 11.3 Å². The number of aromatic nitrogens is 3. The van der Waals surface area contributed by atoms with E-state index in [1.165, 1.54) is 0 Å². The number of morpholine rings is 1. The zero-order chi connectivity index (χ0) is 18.9. The lowest BCUT2D eigenvalue weighted by Gasteiger charge is -2.26.